The van der Waals surface area contributed by atoms with Crippen molar-refractivity contribution in [3.8, 4) is 11.5 Å². The molecule has 1 aromatic heterocycles. The SMILES string of the molecule is Cc1ccc(-c2nnc(C(F)(F)F)o2)c(C)c1. The first-order valence-corrected chi connectivity index (χ1v) is 4.86. The Morgan fingerprint density at radius 2 is 1.82 bits per heavy atom. The van der Waals surface area contributed by atoms with Crippen molar-refractivity contribution in [1.82, 2.24) is 10.2 Å². The van der Waals surface area contributed by atoms with E-state index in [2.05, 4.69) is 14.6 Å². The van der Waals surface area contributed by atoms with Gasteiger partial charge >= 0.3 is 12.1 Å². The van der Waals surface area contributed by atoms with Crippen molar-refractivity contribution < 1.29 is 17.6 Å². The molecule has 0 saturated carbocycles. The summed E-state index contributed by atoms with van der Waals surface area (Å²) in [5.74, 6) is -1.44. The van der Waals surface area contributed by atoms with Gasteiger partial charge in [-0.1, -0.05) is 17.7 Å². The van der Waals surface area contributed by atoms with Crippen molar-refractivity contribution in [2.75, 3.05) is 0 Å². The molecule has 0 aliphatic carbocycles. The maximum absolute atomic E-state index is 12.3. The minimum atomic E-state index is -4.61. The van der Waals surface area contributed by atoms with Crippen LogP contribution in [0, 0.1) is 13.8 Å². The molecule has 3 nitrogen and oxygen atoms in total. The van der Waals surface area contributed by atoms with Gasteiger partial charge in [0.2, 0.25) is 5.89 Å². The van der Waals surface area contributed by atoms with Crippen LogP contribution in [0.3, 0.4) is 0 Å². The molecule has 0 unspecified atom stereocenters. The Bertz CT molecular complexity index is 546. The van der Waals surface area contributed by atoms with Gasteiger partial charge in [-0.25, -0.2) is 0 Å². The zero-order valence-corrected chi connectivity index (χ0v) is 9.17. The number of halogens is 3. The van der Waals surface area contributed by atoms with Gasteiger partial charge < -0.3 is 4.42 Å². The van der Waals surface area contributed by atoms with E-state index >= 15 is 0 Å². The average Bonchev–Trinajstić information content (AvgIpc) is 2.65. The predicted molar refractivity (Wildman–Crippen MR) is 54.2 cm³/mol. The van der Waals surface area contributed by atoms with Crippen LogP contribution in [0.2, 0.25) is 0 Å². The fourth-order valence-electron chi connectivity index (χ4n) is 1.50. The summed E-state index contributed by atoms with van der Waals surface area (Å²) < 4.78 is 41.5. The summed E-state index contributed by atoms with van der Waals surface area (Å²) in [6, 6.07) is 5.28. The number of hydrogen-bond acceptors (Lipinski definition) is 3. The molecule has 0 N–H and O–H groups in total. The smallest absolute Gasteiger partial charge is 0.413 e. The molecule has 0 radical (unpaired) electrons. The van der Waals surface area contributed by atoms with Crippen LogP contribution in [-0.2, 0) is 6.18 Å². The summed E-state index contributed by atoms with van der Waals surface area (Å²) in [6.07, 6.45) is -4.61. The zero-order chi connectivity index (χ0) is 12.6. The molecule has 2 aromatic rings. The largest absolute Gasteiger partial charge is 0.470 e. The van der Waals surface area contributed by atoms with E-state index in [0.717, 1.165) is 11.1 Å². The molecule has 0 fully saturated rings. The minimum Gasteiger partial charge on any atom is -0.413 e. The molecule has 1 heterocycles. The average molecular weight is 242 g/mol. The highest BCUT2D eigenvalue weighted by Gasteiger charge is 2.38. The van der Waals surface area contributed by atoms with Crippen LogP contribution in [0.25, 0.3) is 11.5 Å². The number of aromatic nitrogens is 2. The van der Waals surface area contributed by atoms with E-state index in [1.165, 1.54) is 0 Å². The molecule has 0 bridgehead atoms. The van der Waals surface area contributed by atoms with E-state index in [-0.39, 0.29) is 5.89 Å². The monoisotopic (exact) mass is 242 g/mol. The molecule has 0 atom stereocenters. The van der Waals surface area contributed by atoms with Crippen LogP contribution in [0.4, 0.5) is 13.2 Å². The van der Waals surface area contributed by atoms with Crippen LogP contribution >= 0.6 is 0 Å². The fourth-order valence-corrected chi connectivity index (χ4v) is 1.50. The van der Waals surface area contributed by atoms with Gasteiger partial charge in [-0.2, -0.15) is 13.2 Å². The number of rotatable bonds is 1. The molecule has 0 aliphatic rings. The third-order valence-corrected chi connectivity index (χ3v) is 2.28. The normalized spacial score (nSPS) is 11.8. The van der Waals surface area contributed by atoms with Crippen LogP contribution < -0.4 is 0 Å². The Kier molecular flexibility index (Phi) is 2.65. The lowest BCUT2D eigenvalue weighted by Crippen LogP contribution is -2.04. The summed E-state index contributed by atoms with van der Waals surface area (Å²) >= 11 is 0. The van der Waals surface area contributed by atoms with Gasteiger partial charge in [0.1, 0.15) is 0 Å². The first-order valence-electron chi connectivity index (χ1n) is 4.86. The Morgan fingerprint density at radius 3 is 2.35 bits per heavy atom. The standard InChI is InChI=1S/C11H9F3N2O/c1-6-3-4-8(7(2)5-6)9-15-16-10(17-9)11(12,13)14/h3-5H,1-2H3. The van der Waals surface area contributed by atoms with Gasteiger partial charge in [0.25, 0.3) is 0 Å². The maximum Gasteiger partial charge on any atom is 0.470 e. The second kappa shape index (κ2) is 3.87. The van der Waals surface area contributed by atoms with Gasteiger partial charge in [-0.3, -0.25) is 0 Å². The van der Waals surface area contributed by atoms with E-state index in [4.69, 9.17) is 0 Å². The van der Waals surface area contributed by atoms with Crippen molar-refractivity contribution in [3.63, 3.8) is 0 Å². The lowest BCUT2D eigenvalue weighted by Gasteiger charge is -2.02. The second-order valence-corrected chi connectivity index (χ2v) is 3.73. The van der Waals surface area contributed by atoms with E-state index in [9.17, 15) is 13.2 Å². The van der Waals surface area contributed by atoms with Crippen LogP contribution in [-0.4, -0.2) is 10.2 Å². The van der Waals surface area contributed by atoms with Gasteiger partial charge in [0.05, 0.1) is 0 Å². The van der Waals surface area contributed by atoms with E-state index < -0.39 is 12.1 Å². The zero-order valence-electron chi connectivity index (χ0n) is 9.17. The van der Waals surface area contributed by atoms with Gasteiger partial charge in [-0.15, -0.1) is 10.2 Å². The van der Waals surface area contributed by atoms with Crippen molar-refractivity contribution >= 4 is 0 Å². The third-order valence-electron chi connectivity index (χ3n) is 2.28. The van der Waals surface area contributed by atoms with E-state index in [1.54, 1.807) is 19.1 Å². The first-order chi connectivity index (χ1) is 7.88. The molecule has 1 aromatic carbocycles. The maximum atomic E-state index is 12.3. The summed E-state index contributed by atoms with van der Waals surface area (Å²) in [6.45, 7) is 3.67. The highest BCUT2D eigenvalue weighted by Crippen LogP contribution is 2.31. The van der Waals surface area contributed by atoms with Gasteiger partial charge in [-0.05, 0) is 25.5 Å². The van der Waals surface area contributed by atoms with Crippen LogP contribution in [0.1, 0.15) is 17.0 Å². The van der Waals surface area contributed by atoms with Gasteiger partial charge in [0, 0.05) is 5.56 Å². The number of alkyl halides is 3. The molecular formula is C11H9F3N2O. The highest BCUT2D eigenvalue weighted by atomic mass is 19.4. The molecular weight excluding hydrogens is 233 g/mol. The van der Waals surface area contributed by atoms with Crippen molar-refractivity contribution in [1.29, 1.82) is 0 Å². The molecule has 17 heavy (non-hydrogen) atoms. The van der Waals surface area contributed by atoms with E-state index in [0.29, 0.717) is 5.56 Å². The van der Waals surface area contributed by atoms with Crippen molar-refractivity contribution in [2.45, 2.75) is 20.0 Å². The minimum absolute atomic E-state index is 0.116. The van der Waals surface area contributed by atoms with Crippen molar-refractivity contribution in [3.05, 3.63) is 35.2 Å². The highest BCUT2D eigenvalue weighted by molar-refractivity contribution is 5.58. The summed E-state index contributed by atoms with van der Waals surface area (Å²) in [4.78, 5) is 0. The van der Waals surface area contributed by atoms with E-state index in [1.807, 2.05) is 13.0 Å². The Morgan fingerprint density at radius 1 is 1.12 bits per heavy atom. The fraction of sp³-hybridized carbons (Fsp3) is 0.273. The van der Waals surface area contributed by atoms with Crippen LogP contribution in [0.15, 0.2) is 22.6 Å². The summed E-state index contributed by atoms with van der Waals surface area (Å²) in [7, 11) is 0. The molecule has 0 amide bonds. The first kappa shape index (κ1) is 11.6. The Hall–Kier alpha value is -1.85. The molecule has 6 heteroatoms. The Labute approximate surface area is 95.3 Å². The van der Waals surface area contributed by atoms with Gasteiger partial charge in [0.15, 0.2) is 0 Å². The topological polar surface area (TPSA) is 38.9 Å². The number of aryl methyl sites for hydroxylation is 2. The molecule has 0 aliphatic heterocycles. The Balaban J connectivity index is 2.44. The predicted octanol–water partition coefficient (Wildman–Crippen LogP) is 3.37. The molecule has 2 rings (SSSR count). The van der Waals surface area contributed by atoms with Crippen molar-refractivity contribution in [2.24, 2.45) is 0 Å². The van der Waals surface area contributed by atoms with Crippen LogP contribution in [0.5, 0.6) is 0 Å². The third kappa shape index (κ3) is 2.30. The lowest BCUT2D eigenvalue weighted by molar-refractivity contribution is -0.156. The molecule has 0 spiro atoms. The molecule has 90 valence electrons. The quantitative estimate of drug-likeness (QED) is 0.769. The molecule has 0 saturated heterocycles. The lowest BCUT2D eigenvalue weighted by atomic mass is 10.1. The number of hydrogen-bond donors (Lipinski definition) is 0. The number of nitrogens with zero attached hydrogens (tertiary/aromatic N) is 2. The number of benzene rings is 1. The summed E-state index contributed by atoms with van der Waals surface area (Å²) in [5, 5.41) is 6.39. The second-order valence-electron chi connectivity index (χ2n) is 3.73. The summed E-state index contributed by atoms with van der Waals surface area (Å²) in [5.41, 5.74) is 2.32.